The van der Waals surface area contributed by atoms with Crippen LogP contribution in [-0.2, 0) is 18.6 Å². The Morgan fingerprint density at radius 1 is 0.444 bits per heavy atom. The lowest BCUT2D eigenvalue weighted by atomic mass is 9.48. The van der Waals surface area contributed by atoms with E-state index in [1.807, 2.05) is 55.4 Å². The van der Waals surface area contributed by atoms with E-state index in [1.165, 1.54) is 0 Å². The lowest BCUT2D eigenvalue weighted by Crippen LogP contribution is -2.50. The van der Waals surface area contributed by atoms with Crippen LogP contribution in [0.25, 0.3) is 0 Å². The molecule has 6 heteroatoms. The normalized spacial score (nSPS) is 12.0. The monoisotopic (exact) mass is 258 g/mol. The predicted molar refractivity (Wildman–Crippen MR) is 76.4 cm³/mol. The highest BCUT2D eigenvalue weighted by Crippen LogP contribution is 2.10. The molecule has 0 saturated heterocycles. The lowest BCUT2D eigenvalue weighted by molar-refractivity contribution is 0.100. The molecule has 0 aromatic rings. The molecule has 0 amide bonds. The second-order valence-electron chi connectivity index (χ2n) is 5.48. The van der Waals surface area contributed by atoms with Gasteiger partial charge in [-0.25, -0.2) is 0 Å². The van der Waals surface area contributed by atoms with Crippen LogP contribution in [0.3, 0.4) is 0 Å². The van der Waals surface area contributed by atoms with Gasteiger partial charge in [-0.15, -0.1) is 0 Å². The molecule has 0 aromatic heterocycles. The van der Waals surface area contributed by atoms with Gasteiger partial charge in [0.15, 0.2) is 0 Å². The van der Waals surface area contributed by atoms with Crippen molar-refractivity contribution >= 4 is 14.0 Å². The third kappa shape index (κ3) is 8.97. The maximum atomic E-state index is 5.75. The van der Waals surface area contributed by atoms with Crippen molar-refractivity contribution in [3.63, 3.8) is 0 Å². The highest BCUT2D eigenvalue weighted by molar-refractivity contribution is 7.10. The molecule has 0 rings (SSSR count). The summed E-state index contributed by atoms with van der Waals surface area (Å²) in [6.07, 6.45) is 0.232. The summed E-state index contributed by atoms with van der Waals surface area (Å²) >= 11 is 0. The molecular weight excluding hydrogens is 230 g/mol. The quantitative estimate of drug-likeness (QED) is 0.596. The van der Waals surface area contributed by atoms with Crippen LogP contribution in [0.2, 0.25) is 0 Å². The van der Waals surface area contributed by atoms with Crippen molar-refractivity contribution in [1.82, 2.24) is 0 Å². The number of hydrogen-bond acceptors (Lipinski definition) is 4. The summed E-state index contributed by atoms with van der Waals surface area (Å²) in [6, 6.07) is 0. The molecule has 18 heavy (non-hydrogen) atoms. The molecule has 0 radical (unpaired) electrons. The molecule has 0 heterocycles. The Bertz CT molecular complexity index is 168. The van der Waals surface area contributed by atoms with E-state index >= 15 is 0 Å². The van der Waals surface area contributed by atoms with Crippen LogP contribution in [-0.4, -0.2) is 38.4 Å². The number of rotatable bonds is 9. The molecule has 0 spiro atoms. The summed E-state index contributed by atoms with van der Waals surface area (Å²) in [7, 11) is -1.01. The fourth-order valence-corrected chi connectivity index (χ4v) is 1.39. The van der Waals surface area contributed by atoms with Gasteiger partial charge in [-0.3, -0.25) is 0 Å². The van der Waals surface area contributed by atoms with Crippen LogP contribution >= 0.6 is 0 Å². The van der Waals surface area contributed by atoms with E-state index in [-0.39, 0.29) is 24.4 Å². The Kier molecular flexibility index (Phi) is 8.95. The summed E-state index contributed by atoms with van der Waals surface area (Å²) in [4.78, 5) is 0. The van der Waals surface area contributed by atoms with Gasteiger partial charge in [-0.05, 0) is 55.4 Å². The number of hydrogen-bond donors (Lipinski definition) is 0. The van der Waals surface area contributed by atoms with Crippen molar-refractivity contribution in [1.29, 1.82) is 0 Å². The van der Waals surface area contributed by atoms with Crippen LogP contribution in [0, 0.1) is 0 Å². The first kappa shape index (κ1) is 18.0. The molecule has 0 fully saturated rings. The van der Waals surface area contributed by atoms with Crippen molar-refractivity contribution in [2.24, 2.45) is 0 Å². The van der Waals surface area contributed by atoms with E-state index < -0.39 is 14.0 Å². The van der Waals surface area contributed by atoms with E-state index in [4.69, 9.17) is 18.6 Å². The van der Waals surface area contributed by atoms with Gasteiger partial charge < -0.3 is 18.6 Å². The minimum Gasteiger partial charge on any atom is -0.411 e. The fourth-order valence-electron chi connectivity index (χ4n) is 1.39. The van der Waals surface area contributed by atoms with Gasteiger partial charge >= 0.3 is 14.0 Å². The van der Waals surface area contributed by atoms with Gasteiger partial charge in [0, 0.05) is 24.4 Å². The minimum atomic E-state index is -0.505. The summed E-state index contributed by atoms with van der Waals surface area (Å²) in [5, 5.41) is 0. The maximum Gasteiger partial charge on any atom is 0.488 e. The molecule has 0 bridgehead atoms. The molecular formula is C12H28B2O4. The van der Waals surface area contributed by atoms with Gasteiger partial charge in [0.1, 0.15) is 0 Å². The summed E-state index contributed by atoms with van der Waals surface area (Å²) in [5.41, 5.74) is 0. The van der Waals surface area contributed by atoms with E-state index in [2.05, 4.69) is 0 Å². The minimum absolute atomic E-state index is 0.0581. The largest absolute Gasteiger partial charge is 0.488 e. The van der Waals surface area contributed by atoms with Gasteiger partial charge in [0.25, 0.3) is 0 Å². The highest BCUT2D eigenvalue weighted by atomic mass is 16.7. The zero-order valence-corrected chi connectivity index (χ0v) is 13.1. The zero-order chi connectivity index (χ0) is 14.3. The van der Waals surface area contributed by atoms with Crippen LogP contribution in [0.4, 0.5) is 0 Å². The van der Waals surface area contributed by atoms with Crippen molar-refractivity contribution in [3.8, 4) is 0 Å². The molecule has 0 aliphatic rings. The van der Waals surface area contributed by atoms with E-state index in [1.54, 1.807) is 0 Å². The first-order valence-corrected chi connectivity index (χ1v) is 6.84. The third-order valence-corrected chi connectivity index (χ3v) is 1.85. The SMILES string of the molecule is CC(C)OB(OC(C)C)B(OC(C)C)OC(C)C. The van der Waals surface area contributed by atoms with E-state index in [0.29, 0.717) is 0 Å². The molecule has 0 aliphatic carbocycles. The third-order valence-electron chi connectivity index (χ3n) is 1.85. The average molecular weight is 258 g/mol. The summed E-state index contributed by atoms with van der Waals surface area (Å²) in [6.45, 7) is 15.8. The summed E-state index contributed by atoms with van der Waals surface area (Å²) < 4.78 is 23.0. The predicted octanol–water partition coefficient (Wildman–Crippen LogP) is 2.74. The van der Waals surface area contributed by atoms with Crippen LogP contribution in [0.15, 0.2) is 0 Å². The zero-order valence-electron chi connectivity index (χ0n) is 13.1. The average Bonchev–Trinajstić information content (AvgIpc) is 2.12. The Hall–Kier alpha value is -0.0301. The van der Waals surface area contributed by atoms with Gasteiger partial charge in [-0.1, -0.05) is 0 Å². The lowest BCUT2D eigenvalue weighted by Gasteiger charge is -2.26. The van der Waals surface area contributed by atoms with Crippen molar-refractivity contribution in [2.75, 3.05) is 0 Å². The molecule has 0 aromatic carbocycles. The first-order valence-electron chi connectivity index (χ1n) is 6.84. The van der Waals surface area contributed by atoms with E-state index in [0.717, 1.165) is 0 Å². The molecule has 0 N–H and O–H groups in total. The van der Waals surface area contributed by atoms with Crippen molar-refractivity contribution in [3.05, 3.63) is 0 Å². The maximum absolute atomic E-state index is 5.75. The van der Waals surface area contributed by atoms with Crippen molar-refractivity contribution < 1.29 is 18.6 Å². The molecule has 4 nitrogen and oxygen atoms in total. The van der Waals surface area contributed by atoms with Crippen LogP contribution in [0.5, 0.6) is 0 Å². The second kappa shape index (κ2) is 8.97. The van der Waals surface area contributed by atoms with Crippen LogP contribution < -0.4 is 0 Å². The van der Waals surface area contributed by atoms with E-state index in [9.17, 15) is 0 Å². The Morgan fingerprint density at radius 3 is 0.722 bits per heavy atom. The Morgan fingerprint density at radius 2 is 0.611 bits per heavy atom. The highest BCUT2D eigenvalue weighted by Gasteiger charge is 2.42. The summed E-state index contributed by atoms with van der Waals surface area (Å²) in [5.74, 6) is 0. The smallest absolute Gasteiger partial charge is 0.411 e. The topological polar surface area (TPSA) is 36.9 Å². The van der Waals surface area contributed by atoms with Gasteiger partial charge in [-0.2, -0.15) is 0 Å². The first-order chi connectivity index (χ1) is 8.22. The second-order valence-corrected chi connectivity index (χ2v) is 5.48. The standard InChI is InChI=1S/C12H28B2O4/c1-9(2)15-13(16-10(3)4)14(17-11(5)6)18-12(7)8/h9-12H,1-8H3. The van der Waals surface area contributed by atoms with Gasteiger partial charge in [0.05, 0.1) is 0 Å². The van der Waals surface area contributed by atoms with Crippen molar-refractivity contribution in [2.45, 2.75) is 79.8 Å². The van der Waals surface area contributed by atoms with Crippen LogP contribution in [0.1, 0.15) is 55.4 Å². The molecule has 0 atom stereocenters. The molecule has 106 valence electrons. The molecule has 0 aliphatic heterocycles. The molecule has 0 unspecified atom stereocenters. The van der Waals surface area contributed by atoms with Gasteiger partial charge in [0.2, 0.25) is 0 Å². The fraction of sp³-hybridized carbons (Fsp3) is 1.00. The Labute approximate surface area is 113 Å². The molecule has 0 saturated carbocycles. The Balaban J connectivity index is 4.69.